The Bertz CT molecular complexity index is 800. The van der Waals surface area contributed by atoms with E-state index in [4.69, 9.17) is 16.3 Å². The number of ether oxygens (including phenoxy) is 1. The lowest BCUT2D eigenvalue weighted by Gasteiger charge is -2.16. The molecule has 0 bridgehead atoms. The molecule has 0 amide bonds. The van der Waals surface area contributed by atoms with E-state index in [1.54, 1.807) is 22.8 Å². The van der Waals surface area contributed by atoms with Crippen LogP contribution in [0.2, 0.25) is 5.02 Å². The van der Waals surface area contributed by atoms with E-state index < -0.39 is 0 Å². The predicted molar refractivity (Wildman–Crippen MR) is 91.4 cm³/mol. The van der Waals surface area contributed by atoms with Crippen molar-refractivity contribution < 1.29 is 9.53 Å². The van der Waals surface area contributed by atoms with Gasteiger partial charge in [-0.15, -0.1) is 0 Å². The molecule has 122 valence electrons. The zero-order valence-electron chi connectivity index (χ0n) is 12.8. The van der Waals surface area contributed by atoms with Crippen molar-refractivity contribution in [2.24, 2.45) is 0 Å². The quantitative estimate of drug-likeness (QED) is 0.611. The summed E-state index contributed by atoms with van der Waals surface area (Å²) in [5, 5.41) is 1.60. The molecule has 1 saturated heterocycles. The van der Waals surface area contributed by atoms with Gasteiger partial charge >= 0.3 is 0 Å². The van der Waals surface area contributed by atoms with Gasteiger partial charge in [-0.3, -0.25) is 14.2 Å². The van der Waals surface area contributed by atoms with Crippen molar-refractivity contribution in [3.8, 4) is 0 Å². The number of carbonyl (C=O) groups is 1. The standard InChI is InChI=1S/C16H17ClN2O3S/c1-10(20)9-23-16-18-14-7-11(17)4-5-13(14)15(21)19(16)8-12-3-2-6-22-12/h4-5,7,12H,2-3,6,8-9H2,1H3/t12-/m1/s1. The number of carbonyl (C=O) groups excluding carboxylic acids is 1. The summed E-state index contributed by atoms with van der Waals surface area (Å²) in [5.41, 5.74) is 0.436. The first kappa shape index (κ1) is 16.5. The number of hydrogen-bond donors (Lipinski definition) is 0. The molecule has 1 aliphatic rings. The molecule has 1 aromatic heterocycles. The Balaban J connectivity index is 2.06. The second-order valence-corrected chi connectivity index (χ2v) is 6.98. The summed E-state index contributed by atoms with van der Waals surface area (Å²) in [6.45, 7) is 2.71. The average molecular weight is 353 g/mol. The van der Waals surface area contributed by atoms with Gasteiger partial charge in [0.1, 0.15) is 5.78 Å². The van der Waals surface area contributed by atoms with Gasteiger partial charge in [0, 0.05) is 11.6 Å². The van der Waals surface area contributed by atoms with E-state index in [0.717, 1.165) is 19.4 Å². The first-order chi connectivity index (χ1) is 11.0. The minimum absolute atomic E-state index is 0.0240. The normalized spacial score (nSPS) is 17.7. The highest BCUT2D eigenvalue weighted by molar-refractivity contribution is 7.99. The second-order valence-electron chi connectivity index (χ2n) is 5.60. The zero-order chi connectivity index (χ0) is 16.4. The molecule has 2 heterocycles. The number of hydrogen-bond acceptors (Lipinski definition) is 5. The molecule has 0 aliphatic carbocycles. The number of fused-ring (bicyclic) bond motifs is 1. The lowest BCUT2D eigenvalue weighted by molar-refractivity contribution is -0.114. The smallest absolute Gasteiger partial charge is 0.262 e. The van der Waals surface area contributed by atoms with Crippen molar-refractivity contribution in [3.05, 3.63) is 33.6 Å². The summed E-state index contributed by atoms with van der Waals surface area (Å²) in [7, 11) is 0. The molecule has 5 nitrogen and oxygen atoms in total. The maximum atomic E-state index is 12.8. The summed E-state index contributed by atoms with van der Waals surface area (Å²) in [4.78, 5) is 28.7. The van der Waals surface area contributed by atoms with Gasteiger partial charge in [-0.05, 0) is 38.0 Å². The Morgan fingerprint density at radius 2 is 2.35 bits per heavy atom. The summed E-state index contributed by atoms with van der Waals surface area (Å²) in [5.74, 6) is 0.323. The maximum Gasteiger partial charge on any atom is 0.262 e. The SMILES string of the molecule is CC(=O)CSc1nc2cc(Cl)ccc2c(=O)n1C[C@H]1CCCO1. The van der Waals surface area contributed by atoms with E-state index in [9.17, 15) is 9.59 Å². The van der Waals surface area contributed by atoms with E-state index in [2.05, 4.69) is 4.98 Å². The largest absolute Gasteiger partial charge is 0.376 e. The van der Waals surface area contributed by atoms with Crippen LogP contribution >= 0.6 is 23.4 Å². The molecule has 0 radical (unpaired) electrons. The van der Waals surface area contributed by atoms with E-state index in [1.807, 2.05) is 0 Å². The molecule has 1 aromatic carbocycles. The van der Waals surface area contributed by atoms with Crippen LogP contribution in [0.1, 0.15) is 19.8 Å². The third-order valence-electron chi connectivity index (χ3n) is 3.70. The molecule has 2 aromatic rings. The van der Waals surface area contributed by atoms with Gasteiger partial charge in [0.15, 0.2) is 5.16 Å². The van der Waals surface area contributed by atoms with Gasteiger partial charge in [-0.25, -0.2) is 4.98 Å². The fourth-order valence-electron chi connectivity index (χ4n) is 2.60. The summed E-state index contributed by atoms with van der Waals surface area (Å²) < 4.78 is 7.26. The molecule has 0 unspecified atom stereocenters. The molecule has 1 atom stereocenters. The third kappa shape index (κ3) is 3.76. The Hall–Kier alpha value is -1.37. The van der Waals surface area contributed by atoms with Gasteiger partial charge in [0.05, 0.1) is 29.3 Å². The van der Waals surface area contributed by atoms with Gasteiger partial charge < -0.3 is 4.74 Å². The Labute approximate surface area is 143 Å². The van der Waals surface area contributed by atoms with Gasteiger partial charge in [-0.2, -0.15) is 0 Å². The predicted octanol–water partition coefficient (Wildman–Crippen LogP) is 2.91. The molecule has 23 heavy (non-hydrogen) atoms. The summed E-state index contributed by atoms with van der Waals surface area (Å²) in [6.07, 6.45) is 1.96. The zero-order valence-corrected chi connectivity index (χ0v) is 14.3. The Morgan fingerprint density at radius 3 is 3.04 bits per heavy atom. The van der Waals surface area contributed by atoms with Crippen molar-refractivity contribution in [2.45, 2.75) is 37.6 Å². The number of ketones is 1. The second kappa shape index (κ2) is 7.03. The van der Waals surface area contributed by atoms with Crippen molar-refractivity contribution in [1.29, 1.82) is 0 Å². The summed E-state index contributed by atoms with van der Waals surface area (Å²) in [6, 6.07) is 5.05. The van der Waals surface area contributed by atoms with Crippen LogP contribution < -0.4 is 5.56 Å². The molecule has 1 fully saturated rings. The maximum absolute atomic E-state index is 12.8. The van der Waals surface area contributed by atoms with Crippen molar-refractivity contribution in [1.82, 2.24) is 9.55 Å². The molecule has 7 heteroatoms. The minimum atomic E-state index is -0.117. The topological polar surface area (TPSA) is 61.2 Å². The van der Waals surface area contributed by atoms with E-state index in [0.29, 0.717) is 27.6 Å². The van der Waals surface area contributed by atoms with Crippen LogP contribution in [0, 0.1) is 0 Å². The number of benzene rings is 1. The highest BCUT2D eigenvalue weighted by atomic mass is 35.5. The van der Waals surface area contributed by atoms with Crippen LogP contribution in [0.15, 0.2) is 28.2 Å². The van der Waals surface area contributed by atoms with Crippen LogP contribution in [0.25, 0.3) is 10.9 Å². The number of halogens is 1. The lowest BCUT2D eigenvalue weighted by atomic mass is 10.2. The Morgan fingerprint density at radius 1 is 1.52 bits per heavy atom. The van der Waals surface area contributed by atoms with Gasteiger partial charge in [0.25, 0.3) is 5.56 Å². The number of rotatable bonds is 5. The van der Waals surface area contributed by atoms with Gasteiger partial charge in [-0.1, -0.05) is 23.4 Å². The van der Waals surface area contributed by atoms with Crippen LogP contribution in [0.3, 0.4) is 0 Å². The summed E-state index contributed by atoms with van der Waals surface area (Å²) >= 11 is 7.28. The minimum Gasteiger partial charge on any atom is -0.376 e. The average Bonchev–Trinajstić information content (AvgIpc) is 3.01. The first-order valence-electron chi connectivity index (χ1n) is 7.48. The Kier molecular flexibility index (Phi) is 5.04. The number of nitrogens with zero attached hydrogens (tertiary/aromatic N) is 2. The highest BCUT2D eigenvalue weighted by Gasteiger charge is 2.20. The molecule has 0 saturated carbocycles. The van der Waals surface area contributed by atoms with Crippen LogP contribution in [0.4, 0.5) is 0 Å². The van der Waals surface area contributed by atoms with Crippen molar-refractivity contribution in [2.75, 3.05) is 12.4 Å². The number of aromatic nitrogens is 2. The van der Waals surface area contributed by atoms with Crippen LogP contribution in [-0.2, 0) is 16.1 Å². The molecule has 0 N–H and O–H groups in total. The first-order valence-corrected chi connectivity index (χ1v) is 8.85. The third-order valence-corrected chi connectivity index (χ3v) is 5.05. The monoisotopic (exact) mass is 352 g/mol. The molecular weight excluding hydrogens is 336 g/mol. The lowest BCUT2D eigenvalue weighted by Crippen LogP contribution is -2.29. The highest BCUT2D eigenvalue weighted by Crippen LogP contribution is 2.22. The van der Waals surface area contributed by atoms with E-state index in [-0.39, 0.29) is 23.2 Å². The molecule has 1 aliphatic heterocycles. The number of thioether (sulfide) groups is 1. The van der Waals surface area contributed by atoms with Gasteiger partial charge in [0.2, 0.25) is 0 Å². The van der Waals surface area contributed by atoms with Crippen molar-refractivity contribution >= 4 is 40.0 Å². The van der Waals surface area contributed by atoms with E-state index >= 15 is 0 Å². The van der Waals surface area contributed by atoms with Crippen molar-refractivity contribution in [3.63, 3.8) is 0 Å². The molecular formula is C16H17ClN2O3S. The molecule has 0 spiro atoms. The van der Waals surface area contributed by atoms with Crippen LogP contribution in [0.5, 0.6) is 0 Å². The molecule has 3 rings (SSSR count). The van der Waals surface area contributed by atoms with E-state index in [1.165, 1.54) is 18.7 Å². The number of Topliss-reactive ketones (excluding diaryl/α,β-unsaturated/α-hetero) is 1. The van der Waals surface area contributed by atoms with Crippen LogP contribution in [-0.4, -0.2) is 33.8 Å². The fraction of sp³-hybridized carbons (Fsp3) is 0.438. The fourth-order valence-corrected chi connectivity index (χ4v) is 3.58.